The Morgan fingerprint density at radius 3 is 2.66 bits per heavy atom. The number of pyridine rings is 2. The smallest absolute Gasteiger partial charge is 0.355 e. The van der Waals surface area contributed by atoms with Crippen molar-refractivity contribution in [2.45, 2.75) is 45.4 Å². The summed E-state index contributed by atoms with van der Waals surface area (Å²) in [7, 11) is 0. The van der Waals surface area contributed by atoms with Gasteiger partial charge in [0.15, 0.2) is 0 Å². The van der Waals surface area contributed by atoms with Gasteiger partial charge in [0.1, 0.15) is 6.61 Å². The van der Waals surface area contributed by atoms with Crippen molar-refractivity contribution in [1.82, 2.24) is 9.55 Å². The summed E-state index contributed by atoms with van der Waals surface area (Å²) in [4.78, 5) is 43.0. The van der Waals surface area contributed by atoms with Gasteiger partial charge in [0.2, 0.25) is 5.60 Å². The monoisotopic (exact) mass is 440 g/mol. The fraction of sp³-hybridized carbons (Fsp3) is 0.304. The maximum Gasteiger partial charge on any atom is 0.355 e. The first kappa shape index (κ1) is 23.1. The Morgan fingerprint density at radius 2 is 1.94 bits per heavy atom. The summed E-state index contributed by atoms with van der Waals surface area (Å²) in [5.41, 5.74) is 1.99. The van der Waals surface area contributed by atoms with Crippen molar-refractivity contribution < 1.29 is 30.0 Å². The lowest BCUT2D eigenvalue weighted by Crippen LogP contribution is -2.47. The third-order valence-corrected chi connectivity index (χ3v) is 5.96. The Hall–Kier alpha value is -3.56. The molecule has 1 atom stereocenters. The average Bonchev–Trinajstić information content (AvgIpc) is 3.12. The number of carbonyl (C=O) groups is 2. The first-order valence-corrected chi connectivity index (χ1v) is 10.0. The van der Waals surface area contributed by atoms with E-state index in [-0.39, 0.29) is 36.0 Å². The van der Waals surface area contributed by atoms with E-state index in [1.54, 1.807) is 24.5 Å². The van der Waals surface area contributed by atoms with E-state index in [1.807, 2.05) is 30.3 Å². The highest BCUT2D eigenvalue weighted by Crippen LogP contribution is 2.41. The minimum absolute atomic E-state index is 0. The van der Waals surface area contributed by atoms with Crippen LogP contribution in [0.25, 0.3) is 22.3 Å². The van der Waals surface area contributed by atoms with Crippen LogP contribution in [0, 0.1) is 0 Å². The zero-order valence-electron chi connectivity index (χ0n) is 17.7. The zero-order valence-corrected chi connectivity index (χ0v) is 17.7. The highest BCUT2D eigenvalue weighted by atomic mass is 16.6. The molecule has 3 aromatic rings. The molecule has 0 bridgehead atoms. The molecule has 0 saturated heterocycles. The van der Waals surface area contributed by atoms with Crippen LogP contribution in [0.15, 0.2) is 41.2 Å². The Balaban J connectivity index is 0.00000144. The van der Waals surface area contributed by atoms with Gasteiger partial charge in [-0.3, -0.25) is 9.59 Å². The van der Waals surface area contributed by atoms with Crippen LogP contribution in [0.4, 0.5) is 0 Å². The maximum atomic E-state index is 13.3. The molecule has 0 spiro atoms. The van der Waals surface area contributed by atoms with E-state index < -0.39 is 17.5 Å². The molecule has 1 aromatic carbocycles. The standard InChI is InChI=1S/C23H20N2O5.2H2O/c1-3-19(26)30-23(4-2)16-10-18-20-14(9-13-7-5-6-8-17(13)24-20)11-25(18)21(27)15(16)12-29-22(23)28;;/h5-10H,3-4,11-12H2,1-2H3;2*1H2/t23-;;/m1../s1. The van der Waals surface area contributed by atoms with E-state index in [4.69, 9.17) is 14.5 Å². The number of hydrogen-bond acceptors (Lipinski definition) is 6. The van der Waals surface area contributed by atoms with Gasteiger partial charge in [0, 0.05) is 22.9 Å². The lowest BCUT2D eigenvalue weighted by Gasteiger charge is -2.35. The molecule has 0 radical (unpaired) electrons. The van der Waals surface area contributed by atoms with E-state index in [9.17, 15) is 14.4 Å². The fourth-order valence-corrected chi connectivity index (χ4v) is 4.35. The van der Waals surface area contributed by atoms with E-state index in [1.165, 1.54) is 0 Å². The van der Waals surface area contributed by atoms with Crippen LogP contribution in [0.3, 0.4) is 0 Å². The minimum atomic E-state index is -1.62. The fourth-order valence-electron chi connectivity index (χ4n) is 4.35. The van der Waals surface area contributed by atoms with Crippen molar-refractivity contribution in [3.63, 3.8) is 0 Å². The molecule has 4 heterocycles. The number of rotatable bonds is 3. The van der Waals surface area contributed by atoms with Gasteiger partial charge < -0.3 is 25.0 Å². The van der Waals surface area contributed by atoms with E-state index in [0.29, 0.717) is 29.1 Å². The van der Waals surface area contributed by atoms with E-state index in [0.717, 1.165) is 16.5 Å². The molecule has 168 valence electrons. The lowest BCUT2D eigenvalue weighted by molar-refractivity contribution is -0.189. The molecule has 9 nitrogen and oxygen atoms in total. The molecule has 2 aromatic heterocycles. The van der Waals surface area contributed by atoms with Crippen LogP contribution in [0.2, 0.25) is 0 Å². The predicted molar refractivity (Wildman–Crippen MR) is 116 cm³/mol. The van der Waals surface area contributed by atoms with Crippen molar-refractivity contribution in [3.8, 4) is 11.4 Å². The van der Waals surface area contributed by atoms with Gasteiger partial charge >= 0.3 is 11.9 Å². The van der Waals surface area contributed by atoms with Crippen LogP contribution in [0.1, 0.15) is 43.4 Å². The lowest BCUT2D eigenvalue weighted by atomic mass is 9.85. The molecule has 0 aliphatic carbocycles. The van der Waals surface area contributed by atoms with E-state index >= 15 is 0 Å². The Morgan fingerprint density at radius 1 is 1.19 bits per heavy atom. The summed E-state index contributed by atoms with van der Waals surface area (Å²) >= 11 is 0. The van der Waals surface area contributed by atoms with Crippen molar-refractivity contribution in [2.24, 2.45) is 0 Å². The molecule has 0 saturated carbocycles. The number of aromatic nitrogens is 2. The minimum Gasteiger partial charge on any atom is -0.457 e. The highest BCUT2D eigenvalue weighted by molar-refractivity contribution is 5.88. The molecular weight excluding hydrogens is 416 g/mol. The number of ether oxygens (including phenoxy) is 2. The molecule has 2 aliphatic heterocycles. The van der Waals surface area contributed by atoms with Gasteiger partial charge in [-0.15, -0.1) is 0 Å². The molecule has 9 heteroatoms. The second-order valence-corrected chi connectivity index (χ2v) is 7.59. The Kier molecular flexibility index (Phi) is 5.90. The normalized spacial score (nSPS) is 17.9. The molecule has 0 fully saturated rings. The summed E-state index contributed by atoms with van der Waals surface area (Å²) in [6.45, 7) is 3.66. The molecule has 5 rings (SSSR count). The second kappa shape index (κ2) is 8.18. The van der Waals surface area contributed by atoms with Crippen LogP contribution >= 0.6 is 0 Å². The summed E-state index contributed by atoms with van der Waals surface area (Å²) < 4.78 is 12.5. The molecule has 4 N–H and O–H groups in total. The largest absolute Gasteiger partial charge is 0.457 e. The summed E-state index contributed by atoms with van der Waals surface area (Å²) in [6.07, 6.45) is 0.288. The number of para-hydroxylation sites is 1. The van der Waals surface area contributed by atoms with Gasteiger partial charge in [-0.2, -0.15) is 0 Å². The first-order valence-electron chi connectivity index (χ1n) is 10.0. The van der Waals surface area contributed by atoms with Crippen molar-refractivity contribution in [3.05, 3.63) is 63.4 Å². The zero-order chi connectivity index (χ0) is 21.0. The average molecular weight is 440 g/mol. The topological polar surface area (TPSA) is 150 Å². The Labute approximate surface area is 183 Å². The van der Waals surface area contributed by atoms with Gasteiger partial charge in [0.25, 0.3) is 5.56 Å². The molecule has 2 aliphatic rings. The van der Waals surface area contributed by atoms with Gasteiger partial charge in [-0.25, -0.2) is 9.78 Å². The molecule has 32 heavy (non-hydrogen) atoms. The third kappa shape index (κ3) is 3.09. The van der Waals surface area contributed by atoms with Crippen LogP contribution in [0.5, 0.6) is 0 Å². The third-order valence-electron chi connectivity index (χ3n) is 5.96. The number of hydrogen-bond donors (Lipinski definition) is 0. The summed E-state index contributed by atoms with van der Waals surface area (Å²) in [5.74, 6) is -1.17. The predicted octanol–water partition coefficient (Wildman–Crippen LogP) is 1.39. The Bertz CT molecular complexity index is 1300. The van der Waals surface area contributed by atoms with Crippen LogP contribution < -0.4 is 5.56 Å². The molecular formula is C23H24N2O7. The van der Waals surface area contributed by atoms with Gasteiger partial charge in [-0.1, -0.05) is 32.0 Å². The number of benzene rings is 1. The van der Waals surface area contributed by atoms with Crippen molar-refractivity contribution in [1.29, 1.82) is 0 Å². The molecule has 0 unspecified atom stereocenters. The van der Waals surface area contributed by atoms with Gasteiger partial charge in [0.05, 0.1) is 29.0 Å². The molecule has 0 amide bonds. The number of nitrogens with zero attached hydrogens (tertiary/aromatic N) is 2. The highest BCUT2D eigenvalue weighted by Gasteiger charge is 2.50. The van der Waals surface area contributed by atoms with Crippen LogP contribution in [-0.2, 0) is 37.8 Å². The maximum absolute atomic E-state index is 13.3. The number of fused-ring (bicyclic) bond motifs is 5. The van der Waals surface area contributed by atoms with E-state index in [2.05, 4.69) is 0 Å². The number of esters is 2. The SMILES string of the molecule is CCC(=O)O[C@@]1(CC)C(=O)OCc2c1cc1n(c2=O)Cc2cc3ccccc3nc2-1.O.O. The second-order valence-electron chi connectivity index (χ2n) is 7.59. The first-order chi connectivity index (χ1) is 14.5. The van der Waals surface area contributed by atoms with Gasteiger partial charge in [-0.05, 0) is 24.6 Å². The number of cyclic esters (lactones) is 1. The quantitative estimate of drug-likeness (QED) is 0.439. The summed E-state index contributed by atoms with van der Waals surface area (Å²) in [5, 5.41) is 1.00. The van der Waals surface area contributed by atoms with Crippen molar-refractivity contribution in [2.75, 3.05) is 0 Å². The number of carbonyl (C=O) groups excluding carboxylic acids is 2. The van der Waals surface area contributed by atoms with Crippen LogP contribution in [-0.4, -0.2) is 32.4 Å². The summed E-state index contributed by atoms with van der Waals surface area (Å²) in [6, 6.07) is 11.6. The van der Waals surface area contributed by atoms with Crippen molar-refractivity contribution >= 4 is 22.8 Å².